The fraction of sp³-hybridized carbons (Fsp3) is 0.562. The van der Waals surface area contributed by atoms with Crippen molar-refractivity contribution in [3.8, 4) is 0 Å². The van der Waals surface area contributed by atoms with Crippen molar-refractivity contribution in [2.45, 2.75) is 32.9 Å². The Morgan fingerprint density at radius 1 is 1.40 bits per heavy atom. The molecule has 0 radical (unpaired) electrons. The zero-order valence-corrected chi connectivity index (χ0v) is 12.4. The van der Waals surface area contributed by atoms with E-state index >= 15 is 0 Å². The van der Waals surface area contributed by atoms with Crippen molar-refractivity contribution >= 4 is 5.91 Å². The van der Waals surface area contributed by atoms with E-state index in [9.17, 15) is 4.79 Å². The van der Waals surface area contributed by atoms with Gasteiger partial charge < -0.3 is 11.1 Å². The zero-order valence-electron chi connectivity index (χ0n) is 12.4. The van der Waals surface area contributed by atoms with Crippen LogP contribution in [0.5, 0.6) is 0 Å². The Morgan fingerprint density at radius 3 is 2.75 bits per heavy atom. The number of aryl methyl sites for hydroxylation is 1. The van der Waals surface area contributed by atoms with E-state index < -0.39 is 0 Å². The molecule has 1 aliphatic rings. The molecule has 3 N–H and O–H groups in total. The molecule has 0 saturated carbocycles. The summed E-state index contributed by atoms with van der Waals surface area (Å²) in [5, 5.41) is 2.98. The van der Waals surface area contributed by atoms with Gasteiger partial charge >= 0.3 is 0 Å². The SMILES string of the molecule is Cc1ccc(CNC(=O)CN2CCC(N)C(C)C2)cc1. The smallest absolute Gasteiger partial charge is 0.234 e. The molecule has 2 unspecified atom stereocenters. The Labute approximate surface area is 121 Å². The molecule has 1 aromatic rings. The van der Waals surface area contributed by atoms with Crippen LogP contribution < -0.4 is 11.1 Å². The van der Waals surface area contributed by atoms with Gasteiger partial charge in [0.1, 0.15) is 0 Å². The van der Waals surface area contributed by atoms with Crippen LogP contribution in [0.1, 0.15) is 24.5 Å². The number of likely N-dealkylation sites (tertiary alicyclic amines) is 1. The Morgan fingerprint density at radius 2 is 2.10 bits per heavy atom. The van der Waals surface area contributed by atoms with Crippen LogP contribution in [0, 0.1) is 12.8 Å². The number of carbonyl (C=O) groups excluding carboxylic acids is 1. The van der Waals surface area contributed by atoms with Gasteiger partial charge in [-0.05, 0) is 24.8 Å². The molecule has 4 nitrogen and oxygen atoms in total. The first-order valence-corrected chi connectivity index (χ1v) is 7.35. The third-order valence-corrected chi connectivity index (χ3v) is 4.03. The lowest BCUT2D eigenvalue weighted by Crippen LogP contribution is -2.48. The van der Waals surface area contributed by atoms with Crippen molar-refractivity contribution in [1.29, 1.82) is 0 Å². The van der Waals surface area contributed by atoms with Crippen LogP contribution in [-0.2, 0) is 11.3 Å². The van der Waals surface area contributed by atoms with Crippen molar-refractivity contribution in [1.82, 2.24) is 10.2 Å². The minimum atomic E-state index is 0.0910. The van der Waals surface area contributed by atoms with E-state index in [-0.39, 0.29) is 11.9 Å². The molecule has 0 bridgehead atoms. The summed E-state index contributed by atoms with van der Waals surface area (Å²) in [6.45, 7) is 7.12. The minimum Gasteiger partial charge on any atom is -0.351 e. The summed E-state index contributed by atoms with van der Waals surface area (Å²) < 4.78 is 0. The molecule has 1 saturated heterocycles. The van der Waals surface area contributed by atoms with Gasteiger partial charge in [-0.1, -0.05) is 36.8 Å². The molecule has 1 heterocycles. The normalized spacial score (nSPS) is 23.6. The molecule has 1 aromatic carbocycles. The molecule has 2 rings (SSSR count). The minimum absolute atomic E-state index is 0.0910. The number of piperidine rings is 1. The standard InChI is InChI=1S/C16H25N3O/c1-12-3-5-14(6-4-12)9-18-16(20)11-19-8-7-15(17)13(2)10-19/h3-6,13,15H,7-11,17H2,1-2H3,(H,18,20). The predicted octanol–water partition coefficient (Wildman–Crippen LogP) is 1.28. The van der Waals surface area contributed by atoms with Crippen molar-refractivity contribution in [3.63, 3.8) is 0 Å². The largest absolute Gasteiger partial charge is 0.351 e. The van der Waals surface area contributed by atoms with Crippen molar-refractivity contribution in [2.24, 2.45) is 11.7 Å². The lowest BCUT2D eigenvalue weighted by molar-refractivity contribution is -0.122. The van der Waals surface area contributed by atoms with E-state index in [2.05, 4.69) is 48.3 Å². The van der Waals surface area contributed by atoms with E-state index in [0.29, 0.717) is 19.0 Å². The van der Waals surface area contributed by atoms with Crippen LogP contribution in [0.25, 0.3) is 0 Å². The number of hydrogen-bond donors (Lipinski definition) is 2. The lowest BCUT2D eigenvalue weighted by Gasteiger charge is -2.34. The number of nitrogens with one attached hydrogen (secondary N) is 1. The fourth-order valence-corrected chi connectivity index (χ4v) is 2.56. The second-order valence-corrected chi connectivity index (χ2v) is 5.93. The first kappa shape index (κ1) is 15.0. The summed E-state index contributed by atoms with van der Waals surface area (Å²) in [5.74, 6) is 0.557. The molecule has 0 aromatic heterocycles. The zero-order chi connectivity index (χ0) is 14.5. The fourth-order valence-electron chi connectivity index (χ4n) is 2.56. The van der Waals surface area contributed by atoms with Crippen LogP contribution in [0.3, 0.4) is 0 Å². The topological polar surface area (TPSA) is 58.4 Å². The summed E-state index contributed by atoms with van der Waals surface area (Å²) in [6.07, 6.45) is 0.979. The Bertz CT molecular complexity index is 444. The number of benzene rings is 1. The van der Waals surface area contributed by atoms with Gasteiger partial charge in [0, 0.05) is 25.7 Å². The van der Waals surface area contributed by atoms with Gasteiger partial charge in [0.05, 0.1) is 6.54 Å². The maximum absolute atomic E-state index is 12.0. The Balaban J connectivity index is 1.74. The molecule has 2 atom stereocenters. The molecule has 1 fully saturated rings. The van der Waals surface area contributed by atoms with Gasteiger partial charge in [0.2, 0.25) is 5.91 Å². The Kier molecular flexibility index (Phi) is 5.15. The lowest BCUT2D eigenvalue weighted by atomic mass is 9.95. The molecule has 1 amide bonds. The van der Waals surface area contributed by atoms with E-state index in [1.54, 1.807) is 0 Å². The number of rotatable bonds is 4. The number of amides is 1. The summed E-state index contributed by atoms with van der Waals surface area (Å²) in [5.41, 5.74) is 8.36. The highest BCUT2D eigenvalue weighted by molar-refractivity contribution is 5.78. The summed E-state index contributed by atoms with van der Waals surface area (Å²) >= 11 is 0. The van der Waals surface area contributed by atoms with Crippen LogP contribution in [0.4, 0.5) is 0 Å². The predicted molar refractivity (Wildman–Crippen MR) is 81.2 cm³/mol. The number of nitrogens with two attached hydrogens (primary N) is 1. The maximum atomic E-state index is 12.0. The number of carbonyl (C=O) groups is 1. The van der Waals surface area contributed by atoms with E-state index in [0.717, 1.165) is 25.1 Å². The highest BCUT2D eigenvalue weighted by atomic mass is 16.2. The molecule has 20 heavy (non-hydrogen) atoms. The Hall–Kier alpha value is -1.39. The van der Waals surface area contributed by atoms with Gasteiger partial charge in [-0.15, -0.1) is 0 Å². The van der Waals surface area contributed by atoms with Crippen LogP contribution in [0.15, 0.2) is 24.3 Å². The molecular weight excluding hydrogens is 250 g/mol. The molecular formula is C16H25N3O. The van der Waals surface area contributed by atoms with Crippen LogP contribution in [-0.4, -0.2) is 36.5 Å². The highest BCUT2D eigenvalue weighted by Gasteiger charge is 2.24. The first-order chi connectivity index (χ1) is 9.54. The van der Waals surface area contributed by atoms with Gasteiger partial charge in [-0.2, -0.15) is 0 Å². The van der Waals surface area contributed by atoms with Gasteiger partial charge in [0.25, 0.3) is 0 Å². The molecule has 1 aliphatic heterocycles. The summed E-state index contributed by atoms with van der Waals surface area (Å²) in [7, 11) is 0. The van der Waals surface area contributed by atoms with Gasteiger partial charge in [-0.3, -0.25) is 9.69 Å². The second-order valence-electron chi connectivity index (χ2n) is 5.93. The van der Waals surface area contributed by atoms with E-state index in [1.165, 1.54) is 5.56 Å². The molecule has 110 valence electrons. The van der Waals surface area contributed by atoms with E-state index in [4.69, 9.17) is 5.73 Å². The summed E-state index contributed by atoms with van der Waals surface area (Å²) in [4.78, 5) is 14.1. The average Bonchev–Trinajstić information content (AvgIpc) is 2.42. The van der Waals surface area contributed by atoms with Crippen molar-refractivity contribution in [2.75, 3.05) is 19.6 Å². The van der Waals surface area contributed by atoms with Gasteiger partial charge in [0.15, 0.2) is 0 Å². The van der Waals surface area contributed by atoms with E-state index in [1.807, 2.05) is 0 Å². The quantitative estimate of drug-likeness (QED) is 0.870. The summed E-state index contributed by atoms with van der Waals surface area (Å²) in [6, 6.07) is 8.52. The van der Waals surface area contributed by atoms with Gasteiger partial charge in [-0.25, -0.2) is 0 Å². The molecule has 4 heteroatoms. The van der Waals surface area contributed by atoms with Crippen LogP contribution in [0.2, 0.25) is 0 Å². The number of nitrogens with zero attached hydrogens (tertiary/aromatic N) is 1. The molecule has 0 spiro atoms. The highest BCUT2D eigenvalue weighted by Crippen LogP contribution is 2.14. The third-order valence-electron chi connectivity index (χ3n) is 4.03. The average molecular weight is 275 g/mol. The third kappa shape index (κ3) is 4.32. The van der Waals surface area contributed by atoms with Crippen LogP contribution >= 0.6 is 0 Å². The van der Waals surface area contributed by atoms with Crippen molar-refractivity contribution in [3.05, 3.63) is 35.4 Å². The molecule has 0 aliphatic carbocycles. The number of hydrogen-bond acceptors (Lipinski definition) is 3. The maximum Gasteiger partial charge on any atom is 0.234 e. The van der Waals surface area contributed by atoms with Crippen molar-refractivity contribution < 1.29 is 4.79 Å². The first-order valence-electron chi connectivity index (χ1n) is 7.35. The second kappa shape index (κ2) is 6.86. The monoisotopic (exact) mass is 275 g/mol.